The summed E-state index contributed by atoms with van der Waals surface area (Å²) in [5.74, 6) is 0. The molecule has 4 heteroatoms. The second-order valence-corrected chi connectivity index (χ2v) is 4.65. The van der Waals surface area contributed by atoms with Crippen molar-refractivity contribution < 1.29 is 0 Å². The molecule has 1 rings (SSSR count). The zero-order chi connectivity index (χ0) is 10.6. The zero-order valence-electron chi connectivity index (χ0n) is 7.86. The lowest BCUT2D eigenvalue weighted by atomic mass is 10.2. The predicted molar refractivity (Wildman–Crippen MR) is 63.5 cm³/mol. The van der Waals surface area contributed by atoms with Crippen LogP contribution in [0.15, 0.2) is 18.2 Å². The van der Waals surface area contributed by atoms with Crippen molar-refractivity contribution in [1.82, 2.24) is 5.32 Å². The summed E-state index contributed by atoms with van der Waals surface area (Å²) in [4.78, 5) is 0. The molecule has 78 valence electrons. The number of hydrogen-bond donors (Lipinski definition) is 1. The molecule has 1 nitrogen and oxygen atoms in total. The summed E-state index contributed by atoms with van der Waals surface area (Å²) in [6, 6.07) is 5.60. The minimum Gasteiger partial charge on any atom is -0.311 e. The van der Waals surface area contributed by atoms with Crippen molar-refractivity contribution in [2.75, 3.05) is 6.54 Å². The van der Waals surface area contributed by atoms with Gasteiger partial charge in [0.2, 0.25) is 0 Å². The maximum absolute atomic E-state index is 6.00. The molecule has 0 bridgehead atoms. The number of halogens is 3. The van der Waals surface area contributed by atoms with E-state index in [4.69, 9.17) is 34.8 Å². The Kier molecular flexibility index (Phi) is 5.04. The molecule has 0 aliphatic carbocycles. The predicted octanol–water partition coefficient (Wildman–Crippen LogP) is 3.71. The van der Waals surface area contributed by atoms with Gasteiger partial charge >= 0.3 is 0 Å². The fourth-order valence-corrected chi connectivity index (χ4v) is 1.59. The van der Waals surface area contributed by atoms with Crippen LogP contribution in [0.2, 0.25) is 10.0 Å². The maximum Gasteiger partial charge on any atom is 0.0637 e. The van der Waals surface area contributed by atoms with Crippen LogP contribution < -0.4 is 5.32 Å². The Morgan fingerprint density at radius 2 is 2.07 bits per heavy atom. The monoisotopic (exact) mass is 251 g/mol. The number of hydrogen-bond acceptors (Lipinski definition) is 1. The van der Waals surface area contributed by atoms with Gasteiger partial charge in [-0.1, -0.05) is 35.3 Å². The van der Waals surface area contributed by atoms with Crippen LogP contribution in [0.1, 0.15) is 12.5 Å². The first-order valence-electron chi connectivity index (χ1n) is 4.39. The smallest absolute Gasteiger partial charge is 0.0637 e. The molecule has 1 N–H and O–H groups in total. The molecule has 0 aliphatic heterocycles. The SMILES string of the molecule is CC(Cl)CNCc1cccc(Cl)c1Cl. The van der Waals surface area contributed by atoms with Crippen molar-refractivity contribution in [2.24, 2.45) is 0 Å². The summed E-state index contributed by atoms with van der Waals surface area (Å²) in [7, 11) is 0. The van der Waals surface area contributed by atoms with Crippen molar-refractivity contribution in [2.45, 2.75) is 18.8 Å². The van der Waals surface area contributed by atoms with Crippen molar-refractivity contribution in [3.63, 3.8) is 0 Å². The average Bonchev–Trinajstić information content (AvgIpc) is 2.12. The number of benzene rings is 1. The van der Waals surface area contributed by atoms with Crippen molar-refractivity contribution in [3.05, 3.63) is 33.8 Å². The van der Waals surface area contributed by atoms with Crippen LogP contribution in [0.4, 0.5) is 0 Å². The van der Waals surface area contributed by atoms with E-state index in [1.54, 1.807) is 6.07 Å². The minimum absolute atomic E-state index is 0.118. The second kappa shape index (κ2) is 5.82. The summed E-state index contributed by atoms with van der Waals surface area (Å²) in [5.41, 5.74) is 0.997. The van der Waals surface area contributed by atoms with Gasteiger partial charge in [0.05, 0.1) is 10.0 Å². The van der Waals surface area contributed by atoms with Crippen molar-refractivity contribution >= 4 is 34.8 Å². The molecule has 1 aromatic rings. The lowest BCUT2D eigenvalue weighted by molar-refractivity contribution is 0.680. The lowest BCUT2D eigenvalue weighted by Gasteiger charge is -2.08. The van der Waals surface area contributed by atoms with Crippen LogP contribution in [0, 0.1) is 0 Å². The summed E-state index contributed by atoms with van der Waals surface area (Å²) in [6.07, 6.45) is 0. The maximum atomic E-state index is 6.00. The van der Waals surface area contributed by atoms with Gasteiger partial charge in [0.1, 0.15) is 0 Å². The first kappa shape index (κ1) is 12.1. The van der Waals surface area contributed by atoms with Gasteiger partial charge < -0.3 is 5.32 Å². The third-order valence-corrected chi connectivity index (χ3v) is 2.78. The van der Waals surface area contributed by atoms with Crippen LogP contribution >= 0.6 is 34.8 Å². The molecular formula is C10H12Cl3N. The molecule has 0 aliphatic rings. The van der Waals surface area contributed by atoms with Gasteiger partial charge in [-0.15, -0.1) is 11.6 Å². The van der Waals surface area contributed by atoms with E-state index in [1.165, 1.54) is 0 Å². The zero-order valence-corrected chi connectivity index (χ0v) is 10.1. The van der Waals surface area contributed by atoms with Crippen LogP contribution in [0.3, 0.4) is 0 Å². The highest BCUT2D eigenvalue weighted by Crippen LogP contribution is 2.25. The Labute approximate surface area is 99.4 Å². The van der Waals surface area contributed by atoms with Gasteiger partial charge in [0.25, 0.3) is 0 Å². The summed E-state index contributed by atoms with van der Waals surface area (Å²) >= 11 is 17.7. The molecule has 1 aromatic carbocycles. The fraction of sp³-hybridized carbons (Fsp3) is 0.400. The van der Waals surface area contributed by atoms with E-state index in [9.17, 15) is 0 Å². The first-order valence-corrected chi connectivity index (χ1v) is 5.58. The first-order chi connectivity index (χ1) is 6.61. The van der Waals surface area contributed by atoms with Crippen LogP contribution in [-0.2, 0) is 6.54 Å². The summed E-state index contributed by atoms with van der Waals surface area (Å²) in [6.45, 7) is 3.38. The minimum atomic E-state index is 0.118. The molecule has 0 saturated heterocycles. The van der Waals surface area contributed by atoms with E-state index in [0.29, 0.717) is 16.6 Å². The normalized spacial score (nSPS) is 12.9. The van der Waals surface area contributed by atoms with E-state index in [-0.39, 0.29) is 5.38 Å². The van der Waals surface area contributed by atoms with E-state index in [0.717, 1.165) is 12.1 Å². The Hall–Kier alpha value is 0.0500. The quantitative estimate of drug-likeness (QED) is 0.806. The molecule has 0 spiro atoms. The Morgan fingerprint density at radius 3 is 2.71 bits per heavy atom. The highest BCUT2D eigenvalue weighted by atomic mass is 35.5. The highest BCUT2D eigenvalue weighted by Gasteiger charge is 2.03. The van der Waals surface area contributed by atoms with E-state index in [2.05, 4.69) is 5.32 Å². The molecule has 0 heterocycles. The standard InChI is InChI=1S/C10H12Cl3N/c1-7(11)5-14-6-8-3-2-4-9(12)10(8)13/h2-4,7,14H,5-6H2,1H3. The molecule has 0 aromatic heterocycles. The van der Waals surface area contributed by atoms with Crippen LogP contribution in [-0.4, -0.2) is 11.9 Å². The van der Waals surface area contributed by atoms with E-state index >= 15 is 0 Å². The number of rotatable bonds is 4. The Bertz CT molecular complexity index is 299. The van der Waals surface area contributed by atoms with Gasteiger partial charge in [0, 0.05) is 18.5 Å². The largest absolute Gasteiger partial charge is 0.311 e. The second-order valence-electron chi connectivity index (χ2n) is 3.12. The summed E-state index contributed by atoms with van der Waals surface area (Å²) in [5, 5.41) is 4.52. The molecule has 1 unspecified atom stereocenters. The average molecular weight is 253 g/mol. The third-order valence-electron chi connectivity index (χ3n) is 1.77. The molecule has 14 heavy (non-hydrogen) atoms. The Balaban J connectivity index is 2.54. The summed E-state index contributed by atoms with van der Waals surface area (Å²) < 4.78 is 0. The van der Waals surface area contributed by atoms with Gasteiger partial charge in [-0.25, -0.2) is 0 Å². The van der Waals surface area contributed by atoms with Gasteiger partial charge in [-0.05, 0) is 18.6 Å². The third kappa shape index (κ3) is 3.66. The number of nitrogens with one attached hydrogen (secondary N) is 1. The molecular weight excluding hydrogens is 240 g/mol. The van der Waals surface area contributed by atoms with Gasteiger partial charge in [0.15, 0.2) is 0 Å². The van der Waals surface area contributed by atoms with Crippen LogP contribution in [0.5, 0.6) is 0 Å². The van der Waals surface area contributed by atoms with Gasteiger partial charge in [-0.2, -0.15) is 0 Å². The topological polar surface area (TPSA) is 12.0 Å². The van der Waals surface area contributed by atoms with E-state index in [1.807, 2.05) is 19.1 Å². The van der Waals surface area contributed by atoms with Crippen LogP contribution in [0.25, 0.3) is 0 Å². The fourth-order valence-electron chi connectivity index (χ4n) is 1.09. The highest BCUT2D eigenvalue weighted by molar-refractivity contribution is 6.42. The molecule has 0 radical (unpaired) electrons. The molecule has 0 amide bonds. The molecule has 1 atom stereocenters. The van der Waals surface area contributed by atoms with Gasteiger partial charge in [-0.3, -0.25) is 0 Å². The Morgan fingerprint density at radius 1 is 1.36 bits per heavy atom. The number of alkyl halides is 1. The lowest BCUT2D eigenvalue weighted by Crippen LogP contribution is -2.20. The van der Waals surface area contributed by atoms with Crippen molar-refractivity contribution in [1.29, 1.82) is 0 Å². The molecule has 0 fully saturated rings. The molecule has 0 saturated carbocycles. The van der Waals surface area contributed by atoms with E-state index < -0.39 is 0 Å². The van der Waals surface area contributed by atoms with Crippen molar-refractivity contribution in [3.8, 4) is 0 Å².